The van der Waals surface area contributed by atoms with E-state index in [1.54, 1.807) is 0 Å². The van der Waals surface area contributed by atoms with Crippen molar-refractivity contribution in [1.82, 2.24) is 5.32 Å². The Kier molecular flexibility index (Phi) is 8.13. The SMILES string of the molecule is CCCNC(CCCC1CCCO1)CC(C)C(C)(C)C. The Morgan fingerprint density at radius 3 is 2.60 bits per heavy atom. The predicted octanol–water partition coefficient (Wildman–Crippen LogP) is 4.78. The Morgan fingerprint density at radius 2 is 2.05 bits per heavy atom. The molecule has 1 rings (SSSR count). The van der Waals surface area contributed by atoms with E-state index in [4.69, 9.17) is 4.74 Å². The standard InChI is InChI=1S/C18H37NO/c1-6-12-19-16(14-15(2)18(3,4)5)9-7-10-17-11-8-13-20-17/h15-17,19H,6-14H2,1-5H3. The Labute approximate surface area is 127 Å². The first-order valence-electron chi connectivity index (χ1n) is 8.78. The lowest BCUT2D eigenvalue weighted by Crippen LogP contribution is -2.34. The van der Waals surface area contributed by atoms with E-state index in [9.17, 15) is 0 Å². The molecule has 0 spiro atoms. The molecule has 0 aromatic rings. The smallest absolute Gasteiger partial charge is 0.0576 e. The van der Waals surface area contributed by atoms with Gasteiger partial charge in [0.1, 0.15) is 0 Å². The summed E-state index contributed by atoms with van der Waals surface area (Å²) in [4.78, 5) is 0. The van der Waals surface area contributed by atoms with E-state index < -0.39 is 0 Å². The fraction of sp³-hybridized carbons (Fsp3) is 1.00. The molecular weight excluding hydrogens is 246 g/mol. The molecular formula is C18H37NO. The zero-order chi connectivity index (χ0) is 15.0. The summed E-state index contributed by atoms with van der Waals surface area (Å²) in [7, 11) is 0. The first-order valence-corrected chi connectivity index (χ1v) is 8.78. The molecule has 120 valence electrons. The van der Waals surface area contributed by atoms with Crippen LogP contribution in [-0.4, -0.2) is 25.3 Å². The van der Waals surface area contributed by atoms with Crippen LogP contribution in [0.2, 0.25) is 0 Å². The summed E-state index contributed by atoms with van der Waals surface area (Å²) in [6.45, 7) is 13.9. The number of rotatable bonds is 9. The largest absolute Gasteiger partial charge is 0.378 e. The molecule has 3 unspecified atom stereocenters. The average Bonchev–Trinajstić information content (AvgIpc) is 2.87. The van der Waals surface area contributed by atoms with Gasteiger partial charge in [0, 0.05) is 12.6 Å². The first-order chi connectivity index (χ1) is 9.43. The van der Waals surface area contributed by atoms with Gasteiger partial charge >= 0.3 is 0 Å². The van der Waals surface area contributed by atoms with Crippen LogP contribution in [0.15, 0.2) is 0 Å². The van der Waals surface area contributed by atoms with Crippen molar-refractivity contribution in [3.05, 3.63) is 0 Å². The summed E-state index contributed by atoms with van der Waals surface area (Å²) in [6.07, 6.45) is 9.51. The summed E-state index contributed by atoms with van der Waals surface area (Å²) >= 11 is 0. The van der Waals surface area contributed by atoms with E-state index in [1.165, 1.54) is 44.9 Å². The third kappa shape index (κ3) is 7.08. The molecule has 1 aliphatic heterocycles. The van der Waals surface area contributed by atoms with Gasteiger partial charge in [-0.1, -0.05) is 34.6 Å². The molecule has 2 nitrogen and oxygen atoms in total. The number of ether oxygens (including phenoxy) is 1. The minimum atomic E-state index is 0.417. The van der Waals surface area contributed by atoms with Crippen LogP contribution in [0.3, 0.4) is 0 Å². The Balaban J connectivity index is 2.30. The molecule has 0 amide bonds. The van der Waals surface area contributed by atoms with Crippen molar-refractivity contribution >= 4 is 0 Å². The second-order valence-corrected chi connectivity index (χ2v) is 7.72. The summed E-state index contributed by atoms with van der Waals surface area (Å²) in [5, 5.41) is 3.76. The fourth-order valence-corrected chi connectivity index (χ4v) is 2.90. The van der Waals surface area contributed by atoms with Crippen LogP contribution in [0.4, 0.5) is 0 Å². The highest BCUT2D eigenvalue weighted by Crippen LogP contribution is 2.30. The van der Waals surface area contributed by atoms with Crippen LogP contribution in [0, 0.1) is 11.3 Å². The molecule has 20 heavy (non-hydrogen) atoms. The van der Waals surface area contributed by atoms with Crippen LogP contribution >= 0.6 is 0 Å². The molecule has 0 saturated carbocycles. The molecule has 2 heteroatoms. The molecule has 1 N–H and O–H groups in total. The lowest BCUT2D eigenvalue weighted by molar-refractivity contribution is 0.100. The summed E-state index contributed by atoms with van der Waals surface area (Å²) in [5.41, 5.74) is 0.417. The van der Waals surface area contributed by atoms with Gasteiger partial charge in [-0.05, 0) is 62.8 Å². The van der Waals surface area contributed by atoms with E-state index in [0.717, 1.165) is 19.1 Å². The van der Waals surface area contributed by atoms with Crippen molar-refractivity contribution in [3.8, 4) is 0 Å². The van der Waals surface area contributed by atoms with Gasteiger partial charge in [-0.15, -0.1) is 0 Å². The van der Waals surface area contributed by atoms with Gasteiger partial charge < -0.3 is 10.1 Å². The quantitative estimate of drug-likeness (QED) is 0.658. The minimum absolute atomic E-state index is 0.417. The van der Waals surface area contributed by atoms with Crippen LogP contribution in [-0.2, 0) is 4.74 Å². The van der Waals surface area contributed by atoms with Gasteiger partial charge in [0.15, 0.2) is 0 Å². The second kappa shape index (κ2) is 9.04. The van der Waals surface area contributed by atoms with Crippen molar-refractivity contribution in [3.63, 3.8) is 0 Å². The lowest BCUT2D eigenvalue weighted by atomic mass is 9.78. The Morgan fingerprint density at radius 1 is 1.30 bits per heavy atom. The lowest BCUT2D eigenvalue weighted by Gasteiger charge is -2.31. The summed E-state index contributed by atoms with van der Waals surface area (Å²) in [5.74, 6) is 0.764. The van der Waals surface area contributed by atoms with Crippen LogP contribution in [0.5, 0.6) is 0 Å². The molecule has 0 aromatic carbocycles. The highest BCUT2D eigenvalue weighted by molar-refractivity contribution is 4.78. The zero-order valence-electron chi connectivity index (χ0n) is 14.5. The van der Waals surface area contributed by atoms with Crippen molar-refractivity contribution in [2.45, 2.75) is 91.7 Å². The third-order valence-corrected chi connectivity index (χ3v) is 4.90. The van der Waals surface area contributed by atoms with E-state index >= 15 is 0 Å². The van der Waals surface area contributed by atoms with Gasteiger partial charge in [-0.25, -0.2) is 0 Å². The average molecular weight is 283 g/mol. The summed E-state index contributed by atoms with van der Waals surface area (Å²) < 4.78 is 5.73. The normalized spacial score (nSPS) is 22.9. The van der Waals surface area contributed by atoms with Gasteiger partial charge in [0.2, 0.25) is 0 Å². The van der Waals surface area contributed by atoms with Gasteiger partial charge in [0.25, 0.3) is 0 Å². The third-order valence-electron chi connectivity index (χ3n) is 4.90. The van der Waals surface area contributed by atoms with Gasteiger partial charge in [0.05, 0.1) is 6.10 Å². The highest BCUT2D eigenvalue weighted by Gasteiger charge is 2.23. The minimum Gasteiger partial charge on any atom is -0.378 e. The maximum absolute atomic E-state index is 5.73. The number of hydrogen-bond donors (Lipinski definition) is 1. The molecule has 0 radical (unpaired) electrons. The van der Waals surface area contributed by atoms with Crippen molar-refractivity contribution < 1.29 is 4.74 Å². The molecule has 1 aliphatic rings. The van der Waals surface area contributed by atoms with Crippen LogP contribution in [0.1, 0.15) is 79.6 Å². The van der Waals surface area contributed by atoms with E-state index in [2.05, 4.69) is 39.9 Å². The molecule has 1 fully saturated rings. The van der Waals surface area contributed by atoms with Gasteiger partial charge in [-0.2, -0.15) is 0 Å². The molecule has 0 bridgehead atoms. The van der Waals surface area contributed by atoms with Gasteiger partial charge in [-0.3, -0.25) is 0 Å². The number of nitrogens with one attached hydrogen (secondary N) is 1. The predicted molar refractivity (Wildman–Crippen MR) is 88.1 cm³/mol. The zero-order valence-corrected chi connectivity index (χ0v) is 14.5. The monoisotopic (exact) mass is 283 g/mol. The summed E-state index contributed by atoms with van der Waals surface area (Å²) in [6, 6.07) is 0.686. The van der Waals surface area contributed by atoms with Crippen LogP contribution < -0.4 is 5.32 Å². The molecule has 0 aromatic heterocycles. The maximum Gasteiger partial charge on any atom is 0.0576 e. The Hall–Kier alpha value is -0.0800. The van der Waals surface area contributed by atoms with E-state index in [0.29, 0.717) is 17.6 Å². The molecule has 1 heterocycles. The number of hydrogen-bond acceptors (Lipinski definition) is 2. The fourth-order valence-electron chi connectivity index (χ4n) is 2.90. The molecule has 3 atom stereocenters. The first kappa shape index (κ1) is 18.0. The molecule has 0 aliphatic carbocycles. The topological polar surface area (TPSA) is 21.3 Å². The van der Waals surface area contributed by atoms with Crippen molar-refractivity contribution in [2.24, 2.45) is 11.3 Å². The molecule has 1 saturated heterocycles. The highest BCUT2D eigenvalue weighted by atomic mass is 16.5. The van der Waals surface area contributed by atoms with Crippen LogP contribution in [0.25, 0.3) is 0 Å². The van der Waals surface area contributed by atoms with Crippen molar-refractivity contribution in [1.29, 1.82) is 0 Å². The second-order valence-electron chi connectivity index (χ2n) is 7.72. The van der Waals surface area contributed by atoms with Crippen molar-refractivity contribution in [2.75, 3.05) is 13.2 Å². The van der Waals surface area contributed by atoms with E-state index in [1.807, 2.05) is 0 Å². The maximum atomic E-state index is 5.73. The van der Waals surface area contributed by atoms with E-state index in [-0.39, 0.29) is 0 Å². The Bertz CT molecular complexity index is 240.